The predicted octanol–water partition coefficient (Wildman–Crippen LogP) is 4.46. The number of esters is 1. The van der Waals surface area contributed by atoms with Gasteiger partial charge in [0.05, 0.1) is 24.4 Å². The average Bonchev–Trinajstić information content (AvgIpc) is 2.62. The van der Waals surface area contributed by atoms with E-state index in [0.717, 1.165) is 37.1 Å². The SMILES string of the molecule is CCOC(=O)CC(C=CCCCCCNC(=O)OC(C)(C)C)c1cnc(C)cn1. The molecule has 0 spiro atoms. The van der Waals surface area contributed by atoms with Crippen LogP contribution in [-0.4, -0.2) is 40.8 Å². The molecule has 1 rings (SSSR count). The molecule has 7 heteroatoms. The van der Waals surface area contributed by atoms with Crippen molar-refractivity contribution in [3.8, 4) is 0 Å². The standard InChI is InChI=1S/C22H35N3O4/c1-6-28-20(26)14-18(19-16-24-17(2)15-25-19)12-10-8-7-9-11-13-23-21(27)29-22(3,4)5/h10,12,15-16,18H,6-9,11,13-14H2,1-5H3,(H,23,27). The minimum absolute atomic E-state index is 0.143. The number of ether oxygens (including phenoxy) is 2. The van der Waals surface area contributed by atoms with Crippen molar-refractivity contribution in [2.75, 3.05) is 13.2 Å². The summed E-state index contributed by atoms with van der Waals surface area (Å²) in [6, 6.07) is 0. The fourth-order valence-electron chi connectivity index (χ4n) is 2.59. The van der Waals surface area contributed by atoms with Gasteiger partial charge in [-0.3, -0.25) is 14.8 Å². The van der Waals surface area contributed by atoms with Crippen LogP contribution in [-0.2, 0) is 14.3 Å². The number of nitrogens with zero attached hydrogens (tertiary/aromatic N) is 2. The Balaban J connectivity index is 2.37. The monoisotopic (exact) mass is 405 g/mol. The Kier molecular flexibility index (Phi) is 10.9. The van der Waals surface area contributed by atoms with Gasteiger partial charge in [-0.05, 0) is 53.9 Å². The first-order valence-corrected chi connectivity index (χ1v) is 10.3. The Morgan fingerprint density at radius 2 is 1.93 bits per heavy atom. The van der Waals surface area contributed by atoms with E-state index in [1.165, 1.54) is 0 Å². The number of carbonyl (C=O) groups excluding carboxylic acids is 2. The third-order valence-corrected chi connectivity index (χ3v) is 3.96. The number of nitrogens with one attached hydrogen (secondary N) is 1. The Labute approximate surface area is 174 Å². The number of amides is 1. The fourth-order valence-corrected chi connectivity index (χ4v) is 2.59. The Bertz CT molecular complexity index is 651. The van der Waals surface area contributed by atoms with E-state index in [-0.39, 0.29) is 24.4 Å². The van der Waals surface area contributed by atoms with Crippen LogP contribution in [0.2, 0.25) is 0 Å². The molecule has 0 radical (unpaired) electrons. The highest BCUT2D eigenvalue weighted by Gasteiger charge is 2.16. The first-order chi connectivity index (χ1) is 13.7. The van der Waals surface area contributed by atoms with E-state index in [1.54, 1.807) is 19.3 Å². The molecule has 162 valence electrons. The molecule has 1 aromatic rings. The summed E-state index contributed by atoms with van der Waals surface area (Å²) >= 11 is 0. The number of unbranched alkanes of at least 4 members (excludes halogenated alkanes) is 3. The number of rotatable bonds is 11. The van der Waals surface area contributed by atoms with Gasteiger partial charge in [-0.25, -0.2) is 4.79 Å². The Morgan fingerprint density at radius 1 is 1.17 bits per heavy atom. The molecular formula is C22H35N3O4. The van der Waals surface area contributed by atoms with E-state index in [1.807, 2.05) is 33.8 Å². The van der Waals surface area contributed by atoms with Crippen molar-refractivity contribution < 1.29 is 19.1 Å². The molecule has 0 saturated carbocycles. The Hall–Kier alpha value is -2.44. The third kappa shape index (κ3) is 11.9. The van der Waals surface area contributed by atoms with Gasteiger partial charge < -0.3 is 14.8 Å². The van der Waals surface area contributed by atoms with Gasteiger partial charge in [0.1, 0.15) is 5.60 Å². The maximum absolute atomic E-state index is 11.9. The van der Waals surface area contributed by atoms with Crippen LogP contribution in [0.4, 0.5) is 4.79 Å². The smallest absolute Gasteiger partial charge is 0.407 e. The second-order valence-electron chi connectivity index (χ2n) is 7.90. The summed E-state index contributed by atoms with van der Waals surface area (Å²) in [4.78, 5) is 32.1. The van der Waals surface area contributed by atoms with E-state index in [4.69, 9.17) is 9.47 Å². The van der Waals surface area contributed by atoms with Gasteiger partial charge in [0.15, 0.2) is 0 Å². The van der Waals surface area contributed by atoms with Crippen LogP contribution < -0.4 is 5.32 Å². The minimum atomic E-state index is -0.475. The zero-order valence-electron chi connectivity index (χ0n) is 18.4. The van der Waals surface area contributed by atoms with Crippen LogP contribution in [0.1, 0.15) is 77.1 Å². The van der Waals surface area contributed by atoms with E-state index >= 15 is 0 Å². The highest BCUT2D eigenvalue weighted by Crippen LogP contribution is 2.20. The van der Waals surface area contributed by atoms with Crippen molar-refractivity contribution in [2.45, 2.75) is 78.2 Å². The van der Waals surface area contributed by atoms with Gasteiger partial charge in [0.2, 0.25) is 0 Å². The molecule has 0 fully saturated rings. The lowest BCUT2D eigenvalue weighted by atomic mass is 10.00. The van der Waals surface area contributed by atoms with Gasteiger partial charge in [-0.2, -0.15) is 0 Å². The number of allylic oxidation sites excluding steroid dienone is 2. The number of carbonyl (C=O) groups is 2. The minimum Gasteiger partial charge on any atom is -0.466 e. The quantitative estimate of drug-likeness (QED) is 0.332. The van der Waals surface area contributed by atoms with E-state index in [9.17, 15) is 9.59 Å². The van der Waals surface area contributed by atoms with E-state index in [0.29, 0.717) is 13.2 Å². The lowest BCUT2D eigenvalue weighted by Gasteiger charge is -2.19. The number of hydrogen-bond acceptors (Lipinski definition) is 6. The molecule has 1 amide bonds. The van der Waals surface area contributed by atoms with Crippen molar-refractivity contribution in [2.24, 2.45) is 0 Å². The molecule has 29 heavy (non-hydrogen) atoms. The molecule has 1 N–H and O–H groups in total. The molecule has 0 aliphatic carbocycles. The van der Waals surface area contributed by atoms with Crippen LogP contribution in [0.3, 0.4) is 0 Å². The molecule has 0 aromatic carbocycles. The number of hydrogen-bond donors (Lipinski definition) is 1. The van der Waals surface area contributed by atoms with Crippen molar-refractivity contribution in [1.82, 2.24) is 15.3 Å². The molecule has 0 aliphatic heterocycles. The zero-order valence-corrected chi connectivity index (χ0v) is 18.4. The first-order valence-electron chi connectivity index (χ1n) is 10.3. The highest BCUT2D eigenvalue weighted by atomic mass is 16.6. The predicted molar refractivity (Wildman–Crippen MR) is 113 cm³/mol. The van der Waals surface area contributed by atoms with Crippen molar-refractivity contribution in [3.05, 3.63) is 35.9 Å². The van der Waals surface area contributed by atoms with Gasteiger partial charge in [-0.15, -0.1) is 0 Å². The normalized spacial score (nSPS) is 12.6. The summed E-state index contributed by atoms with van der Waals surface area (Å²) in [6.07, 6.45) is 11.2. The van der Waals surface area contributed by atoms with Crippen molar-refractivity contribution in [3.63, 3.8) is 0 Å². The molecule has 7 nitrogen and oxygen atoms in total. The molecule has 1 unspecified atom stereocenters. The second-order valence-corrected chi connectivity index (χ2v) is 7.90. The molecule has 0 saturated heterocycles. The van der Waals surface area contributed by atoms with Crippen LogP contribution in [0.15, 0.2) is 24.5 Å². The van der Waals surface area contributed by atoms with Gasteiger partial charge in [0, 0.05) is 24.9 Å². The summed E-state index contributed by atoms with van der Waals surface area (Å²) in [5, 5.41) is 2.76. The molecule has 1 aromatic heterocycles. The van der Waals surface area contributed by atoms with E-state index < -0.39 is 5.60 Å². The number of aromatic nitrogens is 2. The summed E-state index contributed by atoms with van der Waals surface area (Å²) in [6.45, 7) is 10.2. The Morgan fingerprint density at radius 3 is 2.55 bits per heavy atom. The summed E-state index contributed by atoms with van der Waals surface area (Å²) in [5.74, 6) is -0.381. The average molecular weight is 406 g/mol. The third-order valence-electron chi connectivity index (χ3n) is 3.96. The molecule has 0 aliphatic rings. The molecular weight excluding hydrogens is 370 g/mol. The molecule has 1 heterocycles. The summed E-state index contributed by atoms with van der Waals surface area (Å²) < 4.78 is 10.3. The van der Waals surface area contributed by atoms with Crippen LogP contribution in [0, 0.1) is 6.92 Å². The highest BCUT2D eigenvalue weighted by molar-refractivity contribution is 5.70. The lowest BCUT2D eigenvalue weighted by Crippen LogP contribution is -2.32. The maximum atomic E-state index is 11.9. The van der Waals surface area contributed by atoms with E-state index in [2.05, 4.69) is 21.4 Å². The van der Waals surface area contributed by atoms with Crippen LogP contribution in [0.5, 0.6) is 0 Å². The number of aryl methyl sites for hydroxylation is 1. The summed E-state index contributed by atoms with van der Waals surface area (Å²) in [5.41, 5.74) is 1.13. The number of alkyl carbamates (subject to hydrolysis) is 1. The fraction of sp³-hybridized carbons (Fsp3) is 0.636. The topological polar surface area (TPSA) is 90.4 Å². The van der Waals surface area contributed by atoms with Crippen LogP contribution >= 0.6 is 0 Å². The molecule has 1 atom stereocenters. The summed E-state index contributed by atoms with van der Waals surface area (Å²) in [7, 11) is 0. The molecule has 0 bridgehead atoms. The van der Waals surface area contributed by atoms with Crippen LogP contribution in [0.25, 0.3) is 0 Å². The lowest BCUT2D eigenvalue weighted by molar-refractivity contribution is -0.143. The van der Waals surface area contributed by atoms with Gasteiger partial charge in [0.25, 0.3) is 0 Å². The zero-order chi connectivity index (χ0) is 21.7. The van der Waals surface area contributed by atoms with Gasteiger partial charge >= 0.3 is 12.1 Å². The van der Waals surface area contributed by atoms with Crippen molar-refractivity contribution in [1.29, 1.82) is 0 Å². The first kappa shape index (κ1) is 24.6. The van der Waals surface area contributed by atoms with Gasteiger partial charge in [-0.1, -0.05) is 18.6 Å². The maximum Gasteiger partial charge on any atom is 0.407 e. The van der Waals surface area contributed by atoms with Crippen molar-refractivity contribution >= 4 is 12.1 Å². The second kappa shape index (κ2) is 12.9. The largest absolute Gasteiger partial charge is 0.466 e.